The zero-order valence-corrected chi connectivity index (χ0v) is 11.4. The maximum atomic E-state index is 10.9. The highest BCUT2D eigenvalue weighted by Gasteiger charge is 2.10. The van der Waals surface area contributed by atoms with Gasteiger partial charge in [0.05, 0.1) is 10.4 Å². The molecule has 0 unspecified atom stereocenters. The van der Waals surface area contributed by atoms with Crippen LogP contribution in [0.2, 0.25) is 0 Å². The summed E-state index contributed by atoms with van der Waals surface area (Å²) in [6.07, 6.45) is 6.78. The van der Waals surface area contributed by atoms with Gasteiger partial charge < -0.3 is 5.32 Å². The number of benzene rings is 2. The van der Waals surface area contributed by atoms with Crippen LogP contribution in [-0.4, -0.2) is 14.9 Å². The Bertz CT molecular complexity index is 915. The molecule has 0 fully saturated rings. The lowest BCUT2D eigenvalue weighted by molar-refractivity contribution is -0.384. The smallest absolute Gasteiger partial charge is 0.270 e. The highest BCUT2D eigenvalue weighted by molar-refractivity contribution is 5.92. The van der Waals surface area contributed by atoms with Crippen LogP contribution in [0, 0.1) is 22.5 Å². The van der Waals surface area contributed by atoms with Crippen LogP contribution >= 0.6 is 0 Å². The van der Waals surface area contributed by atoms with Gasteiger partial charge in [-0.3, -0.25) is 10.1 Å². The number of nitro groups is 1. The summed E-state index contributed by atoms with van der Waals surface area (Å²) in [5.74, 6) is 3.04. The number of hydrogen-bond acceptors (Lipinski definition) is 5. The summed E-state index contributed by atoms with van der Waals surface area (Å²) >= 11 is 0. The molecule has 3 aromatic rings. The van der Waals surface area contributed by atoms with Gasteiger partial charge in [-0.15, -0.1) is 6.42 Å². The first-order valence-electron chi connectivity index (χ1n) is 6.40. The van der Waals surface area contributed by atoms with Crippen molar-refractivity contribution >= 4 is 28.1 Å². The van der Waals surface area contributed by atoms with Crippen LogP contribution in [0.1, 0.15) is 5.56 Å². The molecule has 6 nitrogen and oxygen atoms in total. The van der Waals surface area contributed by atoms with E-state index in [0.717, 1.165) is 11.3 Å². The van der Waals surface area contributed by atoms with Crippen molar-refractivity contribution in [3.63, 3.8) is 0 Å². The topological polar surface area (TPSA) is 81.0 Å². The van der Waals surface area contributed by atoms with Gasteiger partial charge in [0.25, 0.3) is 5.69 Å². The molecule has 2 aromatic carbocycles. The molecule has 3 rings (SSSR count). The monoisotopic (exact) mass is 290 g/mol. The molecule has 0 aliphatic rings. The van der Waals surface area contributed by atoms with Gasteiger partial charge in [-0.1, -0.05) is 12.0 Å². The molecule has 6 heteroatoms. The molecule has 0 saturated heterocycles. The van der Waals surface area contributed by atoms with Crippen LogP contribution in [0.5, 0.6) is 0 Å². The van der Waals surface area contributed by atoms with Crippen molar-refractivity contribution in [3.8, 4) is 12.3 Å². The molecule has 0 saturated carbocycles. The summed E-state index contributed by atoms with van der Waals surface area (Å²) in [6.45, 7) is 0. The predicted octanol–water partition coefficient (Wildman–Crippen LogP) is 3.26. The minimum Gasteiger partial charge on any atom is -0.340 e. The summed E-state index contributed by atoms with van der Waals surface area (Å²) in [6, 6.07) is 11.7. The largest absolute Gasteiger partial charge is 0.340 e. The molecule has 106 valence electrons. The van der Waals surface area contributed by atoms with Crippen molar-refractivity contribution in [2.75, 3.05) is 5.32 Å². The molecule has 22 heavy (non-hydrogen) atoms. The van der Waals surface area contributed by atoms with E-state index in [1.807, 2.05) is 18.2 Å². The van der Waals surface area contributed by atoms with E-state index in [-0.39, 0.29) is 5.69 Å². The molecule has 0 aliphatic heterocycles. The standard InChI is InChI=1S/C16H10N4O2/c1-2-11-4-3-5-12(8-11)19-16-14-9-13(20(21)22)6-7-15(14)17-10-18-16/h1,3-10H,(H,17,18,19). The van der Waals surface area contributed by atoms with Crippen LogP contribution in [0.4, 0.5) is 17.2 Å². The fourth-order valence-corrected chi connectivity index (χ4v) is 2.08. The van der Waals surface area contributed by atoms with Gasteiger partial charge in [0.2, 0.25) is 0 Å². The molecule has 1 N–H and O–H groups in total. The molecule has 0 amide bonds. The van der Waals surface area contributed by atoms with E-state index in [1.165, 1.54) is 18.5 Å². The fourth-order valence-electron chi connectivity index (χ4n) is 2.08. The molecule has 0 radical (unpaired) electrons. The highest BCUT2D eigenvalue weighted by atomic mass is 16.6. The molecule has 0 bridgehead atoms. The number of nitrogens with one attached hydrogen (secondary N) is 1. The minimum atomic E-state index is -0.449. The van der Waals surface area contributed by atoms with Crippen LogP contribution in [0.15, 0.2) is 48.8 Å². The number of anilines is 2. The van der Waals surface area contributed by atoms with Gasteiger partial charge in [-0.2, -0.15) is 0 Å². The summed E-state index contributed by atoms with van der Waals surface area (Å²) < 4.78 is 0. The van der Waals surface area contributed by atoms with Crippen LogP contribution < -0.4 is 5.32 Å². The Morgan fingerprint density at radius 3 is 2.82 bits per heavy atom. The van der Waals surface area contributed by atoms with Gasteiger partial charge in [0, 0.05) is 28.8 Å². The number of nitrogens with zero attached hydrogens (tertiary/aromatic N) is 3. The third-order valence-electron chi connectivity index (χ3n) is 3.12. The Balaban J connectivity index is 2.08. The molecule has 0 atom stereocenters. The Hall–Kier alpha value is -3.46. The third-order valence-corrected chi connectivity index (χ3v) is 3.12. The first kappa shape index (κ1) is 13.5. The highest BCUT2D eigenvalue weighted by Crippen LogP contribution is 2.26. The second-order valence-corrected chi connectivity index (χ2v) is 4.53. The Morgan fingerprint density at radius 1 is 1.18 bits per heavy atom. The molecule has 0 aliphatic carbocycles. The molecule has 0 spiro atoms. The maximum absolute atomic E-state index is 10.9. The third kappa shape index (κ3) is 2.55. The van der Waals surface area contributed by atoms with Crippen molar-refractivity contribution in [3.05, 3.63) is 64.5 Å². The first-order chi connectivity index (χ1) is 10.7. The maximum Gasteiger partial charge on any atom is 0.270 e. The lowest BCUT2D eigenvalue weighted by Gasteiger charge is -2.08. The normalized spacial score (nSPS) is 10.1. The second kappa shape index (κ2) is 5.50. The van der Waals surface area contributed by atoms with E-state index in [1.54, 1.807) is 12.1 Å². The van der Waals surface area contributed by atoms with Crippen molar-refractivity contribution < 1.29 is 4.92 Å². The second-order valence-electron chi connectivity index (χ2n) is 4.53. The van der Waals surface area contributed by atoms with Crippen molar-refractivity contribution in [1.82, 2.24) is 9.97 Å². The zero-order valence-electron chi connectivity index (χ0n) is 11.4. The number of aromatic nitrogens is 2. The Labute approximate surface area is 126 Å². The number of terminal acetylenes is 1. The van der Waals surface area contributed by atoms with E-state index in [9.17, 15) is 10.1 Å². The SMILES string of the molecule is C#Cc1cccc(Nc2ncnc3ccc([N+](=O)[O-])cc23)c1. The number of rotatable bonds is 3. The van der Waals surface area contributed by atoms with Gasteiger partial charge in [-0.25, -0.2) is 9.97 Å². The first-order valence-corrected chi connectivity index (χ1v) is 6.40. The quantitative estimate of drug-likeness (QED) is 0.455. The molecular formula is C16H10N4O2. The zero-order chi connectivity index (χ0) is 15.5. The Kier molecular flexibility index (Phi) is 3.38. The summed E-state index contributed by atoms with van der Waals surface area (Å²) in [5, 5.41) is 14.6. The van der Waals surface area contributed by atoms with E-state index < -0.39 is 4.92 Å². The lowest BCUT2D eigenvalue weighted by atomic mass is 10.2. The fraction of sp³-hybridized carbons (Fsp3) is 0. The summed E-state index contributed by atoms with van der Waals surface area (Å²) in [7, 11) is 0. The van der Waals surface area contributed by atoms with Crippen molar-refractivity contribution in [2.45, 2.75) is 0 Å². The summed E-state index contributed by atoms with van der Waals surface area (Å²) in [4.78, 5) is 18.7. The molecule has 1 aromatic heterocycles. The lowest BCUT2D eigenvalue weighted by Crippen LogP contribution is -1.97. The van der Waals surface area contributed by atoms with Gasteiger partial charge in [0.1, 0.15) is 12.1 Å². The average Bonchev–Trinajstić information content (AvgIpc) is 2.55. The Morgan fingerprint density at radius 2 is 2.05 bits per heavy atom. The number of non-ortho nitro benzene ring substituents is 1. The minimum absolute atomic E-state index is 0.0114. The number of fused-ring (bicyclic) bond motifs is 1. The van der Waals surface area contributed by atoms with Gasteiger partial charge >= 0.3 is 0 Å². The van der Waals surface area contributed by atoms with Gasteiger partial charge in [-0.05, 0) is 24.3 Å². The van der Waals surface area contributed by atoms with Crippen molar-refractivity contribution in [2.24, 2.45) is 0 Å². The summed E-state index contributed by atoms with van der Waals surface area (Å²) in [5.41, 5.74) is 2.09. The van der Waals surface area contributed by atoms with Crippen LogP contribution in [0.3, 0.4) is 0 Å². The van der Waals surface area contributed by atoms with E-state index >= 15 is 0 Å². The van der Waals surface area contributed by atoms with Crippen LogP contribution in [0.25, 0.3) is 10.9 Å². The van der Waals surface area contributed by atoms with E-state index in [2.05, 4.69) is 21.2 Å². The van der Waals surface area contributed by atoms with E-state index in [0.29, 0.717) is 16.7 Å². The van der Waals surface area contributed by atoms with E-state index in [4.69, 9.17) is 6.42 Å². The molecule has 1 heterocycles. The van der Waals surface area contributed by atoms with Crippen LogP contribution in [-0.2, 0) is 0 Å². The van der Waals surface area contributed by atoms with Gasteiger partial charge in [0.15, 0.2) is 0 Å². The predicted molar refractivity (Wildman–Crippen MR) is 83.9 cm³/mol. The number of hydrogen-bond donors (Lipinski definition) is 1. The number of nitro benzene ring substituents is 1. The van der Waals surface area contributed by atoms with Crippen molar-refractivity contribution in [1.29, 1.82) is 0 Å². The average molecular weight is 290 g/mol. The molecular weight excluding hydrogens is 280 g/mol.